The molecular formula is C39H38Cl2F6N4O. The number of halogens is 8. The summed E-state index contributed by atoms with van der Waals surface area (Å²) >= 11 is 13.5. The molecule has 2 aliphatic rings. The molecule has 0 saturated carbocycles. The Labute approximate surface area is 309 Å². The van der Waals surface area contributed by atoms with E-state index >= 15 is 0 Å². The minimum Gasteiger partial charge on any atom is -0.369 e. The van der Waals surface area contributed by atoms with Crippen molar-refractivity contribution in [3.8, 4) is 0 Å². The van der Waals surface area contributed by atoms with Crippen LogP contribution >= 0.6 is 23.2 Å². The molecule has 0 N–H and O–H groups in total. The molecule has 4 aromatic carbocycles. The number of benzene rings is 4. The van der Waals surface area contributed by atoms with E-state index in [0.29, 0.717) is 98.0 Å². The summed E-state index contributed by atoms with van der Waals surface area (Å²) in [7, 11) is 0. The Balaban J connectivity index is 1.20. The maximum atomic E-state index is 14.9. The summed E-state index contributed by atoms with van der Waals surface area (Å²) in [6, 6.07) is 25.1. The second kappa shape index (κ2) is 16.1. The third kappa shape index (κ3) is 9.05. The normalized spacial score (nSPS) is 17.6. The maximum Gasteiger partial charge on any atom is 0.416 e. The Morgan fingerprint density at radius 3 is 1.25 bits per heavy atom. The zero-order valence-electron chi connectivity index (χ0n) is 28.2. The molecule has 6 rings (SSSR count). The molecule has 2 saturated heterocycles. The van der Waals surface area contributed by atoms with Gasteiger partial charge in [0.1, 0.15) is 5.78 Å². The Morgan fingerprint density at radius 1 is 0.538 bits per heavy atom. The summed E-state index contributed by atoms with van der Waals surface area (Å²) < 4.78 is 80.3. The number of Topliss-reactive ketones (excluding diaryl/α,β-unsaturated/α-hetero) is 1. The van der Waals surface area contributed by atoms with Crippen LogP contribution in [0.2, 0.25) is 10.0 Å². The smallest absolute Gasteiger partial charge is 0.369 e. The molecule has 2 unspecified atom stereocenters. The molecule has 2 atom stereocenters. The molecule has 276 valence electrons. The molecule has 2 heterocycles. The van der Waals surface area contributed by atoms with Gasteiger partial charge in [-0.2, -0.15) is 26.3 Å². The van der Waals surface area contributed by atoms with Crippen molar-refractivity contribution in [1.82, 2.24) is 9.80 Å². The Morgan fingerprint density at radius 2 is 0.904 bits per heavy atom. The minimum absolute atomic E-state index is 0.0678. The Hall–Kier alpha value is -3.77. The van der Waals surface area contributed by atoms with Gasteiger partial charge in [0.25, 0.3) is 0 Å². The Kier molecular flexibility index (Phi) is 11.7. The number of carbonyl (C=O) groups excluding carboxylic acids is 1. The van der Waals surface area contributed by atoms with Crippen molar-refractivity contribution >= 4 is 40.4 Å². The van der Waals surface area contributed by atoms with E-state index in [9.17, 15) is 31.1 Å². The molecule has 5 nitrogen and oxygen atoms in total. The van der Waals surface area contributed by atoms with Crippen LogP contribution in [0.1, 0.15) is 34.1 Å². The number of nitrogens with zero attached hydrogens (tertiary/aromatic N) is 4. The van der Waals surface area contributed by atoms with E-state index in [4.69, 9.17) is 23.2 Å². The summed E-state index contributed by atoms with van der Waals surface area (Å²) in [5.74, 6) is -1.34. The first-order chi connectivity index (χ1) is 24.8. The second-order valence-electron chi connectivity index (χ2n) is 13.2. The van der Waals surface area contributed by atoms with Crippen LogP contribution in [0.25, 0.3) is 0 Å². The average Bonchev–Trinajstić information content (AvgIpc) is 3.13. The van der Waals surface area contributed by atoms with Crippen LogP contribution in [0.15, 0.2) is 97.1 Å². The van der Waals surface area contributed by atoms with Crippen LogP contribution in [-0.2, 0) is 17.1 Å². The summed E-state index contributed by atoms with van der Waals surface area (Å²) in [4.78, 5) is 23.1. The monoisotopic (exact) mass is 762 g/mol. The summed E-state index contributed by atoms with van der Waals surface area (Å²) in [6.07, 6.45) is -8.87. The largest absolute Gasteiger partial charge is 0.416 e. The van der Waals surface area contributed by atoms with Crippen molar-refractivity contribution in [2.24, 2.45) is 0 Å². The van der Waals surface area contributed by atoms with Gasteiger partial charge in [0.05, 0.1) is 23.0 Å². The number of carbonyl (C=O) groups is 1. The predicted molar refractivity (Wildman–Crippen MR) is 194 cm³/mol. The predicted octanol–water partition coefficient (Wildman–Crippen LogP) is 9.11. The van der Waals surface area contributed by atoms with Gasteiger partial charge in [-0.15, -0.1) is 0 Å². The van der Waals surface area contributed by atoms with Crippen molar-refractivity contribution in [2.45, 2.75) is 24.2 Å². The third-order valence-electron chi connectivity index (χ3n) is 9.95. The highest BCUT2D eigenvalue weighted by molar-refractivity contribution is 6.32. The molecular weight excluding hydrogens is 725 g/mol. The molecule has 0 spiro atoms. The quantitative estimate of drug-likeness (QED) is 0.151. The van der Waals surface area contributed by atoms with Gasteiger partial charge in [-0.25, -0.2) is 0 Å². The van der Waals surface area contributed by atoms with Crippen LogP contribution in [-0.4, -0.2) is 81.0 Å². The molecule has 0 aromatic heterocycles. The van der Waals surface area contributed by atoms with E-state index in [1.54, 1.807) is 36.4 Å². The number of piperazine rings is 2. The number of ketones is 1. The van der Waals surface area contributed by atoms with Crippen molar-refractivity contribution in [2.75, 3.05) is 75.2 Å². The van der Waals surface area contributed by atoms with Crippen molar-refractivity contribution in [3.63, 3.8) is 0 Å². The molecule has 2 aliphatic heterocycles. The van der Waals surface area contributed by atoms with E-state index in [-0.39, 0.29) is 5.78 Å². The van der Waals surface area contributed by atoms with Crippen LogP contribution in [0.4, 0.5) is 37.7 Å². The molecule has 0 aliphatic carbocycles. The lowest BCUT2D eigenvalue weighted by Crippen LogP contribution is -2.50. The molecule has 2 fully saturated rings. The number of rotatable bonds is 10. The van der Waals surface area contributed by atoms with Gasteiger partial charge in [0, 0.05) is 86.9 Å². The zero-order valence-corrected chi connectivity index (χ0v) is 29.7. The fourth-order valence-corrected chi connectivity index (χ4v) is 7.63. The summed E-state index contributed by atoms with van der Waals surface area (Å²) in [6.45, 7) is 4.73. The lowest BCUT2D eigenvalue weighted by molar-refractivity contribution is -0.138. The van der Waals surface area contributed by atoms with E-state index in [0.717, 1.165) is 12.1 Å². The first-order valence-corrected chi connectivity index (χ1v) is 17.9. The van der Waals surface area contributed by atoms with Crippen molar-refractivity contribution in [1.29, 1.82) is 0 Å². The van der Waals surface area contributed by atoms with Gasteiger partial charge in [0.15, 0.2) is 0 Å². The fraction of sp³-hybridized carbons (Fsp3) is 0.359. The first-order valence-electron chi connectivity index (χ1n) is 17.1. The number of alkyl halides is 6. The average molecular weight is 764 g/mol. The minimum atomic E-state index is -4.44. The van der Waals surface area contributed by atoms with Crippen LogP contribution in [0, 0.1) is 0 Å². The molecule has 52 heavy (non-hydrogen) atoms. The number of hydrogen-bond acceptors (Lipinski definition) is 5. The van der Waals surface area contributed by atoms with Gasteiger partial charge >= 0.3 is 12.4 Å². The Bertz CT molecular complexity index is 1710. The zero-order chi connectivity index (χ0) is 37.0. The van der Waals surface area contributed by atoms with E-state index < -0.39 is 35.3 Å². The van der Waals surface area contributed by atoms with E-state index in [1.165, 1.54) is 24.3 Å². The third-order valence-corrected chi connectivity index (χ3v) is 10.6. The molecule has 0 bridgehead atoms. The van der Waals surface area contributed by atoms with E-state index in [1.807, 2.05) is 34.1 Å². The summed E-state index contributed by atoms with van der Waals surface area (Å²) in [5, 5.41) is 0.909. The van der Waals surface area contributed by atoms with Gasteiger partial charge in [-0.3, -0.25) is 14.6 Å². The van der Waals surface area contributed by atoms with E-state index in [2.05, 4.69) is 9.80 Å². The van der Waals surface area contributed by atoms with Crippen LogP contribution in [0.3, 0.4) is 0 Å². The van der Waals surface area contributed by atoms with Crippen molar-refractivity contribution in [3.05, 3.63) is 129 Å². The van der Waals surface area contributed by atoms with Crippen LogP contribution in [0.5, 0.6) is 0 Å². The van der Waals surface area contributed by atoms with Gasteiger partial charge in [-0.05, 0) is 59.7 Å². The highest BCUT2D eigenvalue weighted by atomic mass is 35.5. The van der Waals surface area contributed by atoms with Gasteiger partial charge < -0.3 is 9.80 Å². The molecule has 0 amide bonds. The number of anilines is 2. The molecule has 13 heteroatoms. The molecule has 0 radical (unpaired) electrons. The summed E-state index contributed by atoms with van der Waals surface area (Å²) in [5.41, 5.74) is 0.973. The molecule has 4 aromatic rings. The second-order valence-corrected chi connectivity index (χ2v) is 14.0. The number of hydrogen-bond donors (Lipinski definition) is 0. The topological polar surface area (TPSA) is 30.0 Å². The highest BCUT2D eigenvalue weighted by Crippen LogP contribution is 2.37. The lowest BCUT2D eigenvalue weighted by Gasteiger charge is -2.39. The van der Waals surface area contributed by atoms with Gasteiger partial charge in [0.2, 0.25) is 0 Å². The van der Waals surface area contributed by atoms with Crippen molar-refractivity contribution < 1.29 is 31.1 Å². The maximum absolute atomic E-state index is 14.9. The van der Waals surface area contributed by atoms with Gasteiger partial charge in [-0.1, -0.05) is 71.7 Å². The first kappa shape index (κ1) is 38.0. The highest BCUT2D eigenvalue weighted by Gasteiger charge is 2.36. The SMILES string of the molecule is O=C(C(CN1CCN(c2cccc(C(F)(F)F)c2)CC1)c1ccccc1Cl)C(CN1CCN(c2cccc(C(F)(F)F)c2)CC1)c1ccccc1Cl. The fourth-order valence-electron chi connectivity index (χ4n) is 7.09. The lowest BCUT2D eigenvalue weighted by atomic mass is 9.82. The van der Waals surface area contributed by atoms with Crippen LogP contribution < -0.4 is 9.80 Å². The standard InChI is InChI=1S/C39H38Cl2F6N4O/c40-35-13-3-1-11-31(35)33(25-48-15-19-50(20-16-48)29-9-5-7-27(23-29)38(42,43)44)37(52)34(32-12-2-4-14-36(32)41)26-49-17-21-51(22-18-49)30-10-6-8-28(24-30)39(45,46)47/h1-14,23-24,33-34H,15-22,25-26H2.